The van der Waals surface area contributed by atoms with Crippen LogP contribution in [-0.2, 0) is 10.0 Å². The quantitative estimate of drug-likeness (QED) is 0.151. The molecule has 0 bridgehead atoms. The van der Waals surface area contributed by atoms with Crippen molar-refractivity contribution >= 4 is 26.6 Å². The summed E-state index contributed by atoms with van der Waals surface area (Å²) in [7, 11) is -2.02. The predicted molar refractivity (Wildman–Crippen MR) is 162 cm³/mol. The average molecular weight is 572 g/mol. The molecule has 0 aliphatic carbocycles. The highest BCUT2D eigenvalue weighted by Crippen LogP contribution is 2.34. The lowest BCUT2D eigenvalue weighted by Gasteiger charge is -2.21. The summed E-state index contributed by atoms with van der Waals surface area (Å²) in [6.07, 6.45) is -0.907. The maximum Gasteiger partial charge on any atom is 0.262 e. The van der Waals surface area contributed by atoms with E-state index in [2.05, 4.69) is 34.8 Å². The zero-order chi connectivity index (χ0) is 29.0. The molecule has 0 radical (unpaired) electrons. The summed E-state index contributed by atoms with van der Waals surface area (Å²) in [5.41, 5.74) is 4.94. The van der Waals surface area contributed by atoms with Crippen LogP contribution < -0.4 is 9.46 Å². The molecule has 1 atom stereocenters. The molecule has 0 saturated heterocycles. The summed E-state index contributed by atoms with van der Waals surface area (Å²) in [5, 5.41) is 22.2. The summed E-state index contributed by atoms with van der Waals surface area (Å²) in [4.78, 5) is 5.46. The van der Waals surface area contributed by atoms with Crippen molar-refractivity contribution in [3.05, 3.63) is 108 Å². The molecule has 0 saturated carbocycles. The van der Waals surface area contributed by atoms with Crippen LogP contribution in [0.4, 0.5) is 5.69 Å². The van der Waals surface area contributed by atoms with Crippen LogP contribution in [0.25, 0.3) is 22.0 Å². The number of H-pyrrole nitrogens is 1. The zero-order valence-corrected chi connectivity index (χ0v) is 23.7. The molecule has 4 N–H and O–H groups in total. The van der Waals surface area contributed by atoms with Crippen LogP contribution in [0.3, 0.4) is 0 Å². The van der Waals surface area contributed by atoms with E-state index in [1.165, 1.54) is 35.4 Å². The van der Waals surface area contributed by atoms with Crippen molar-refractivity contribution in [1.82, 2.24) is 9.88 Å². The van der Waals surface area contributed by atoms with Crippen molar-refractivity contribution in [2.75, 3.05) is 31.5 Å². The van der Waals surface area contributed by atoms with Crippen LogP contribution in [0.5, 0.6) is 11.5 Å². The molecular formula is C32H33N3O5S. The van der Waals surface area contributed by atoms with Crippen LogP contribution >= 0.6 is 0 Å². The highest BCUT2D eigenvalue weighted by atomic mass is 32.2. The third kappa shape index (κ3) is 6.54. The number of fused-ring (bicyclic) bond motifs is 1. The molecule has 212 valence electrons. The number of benzene rings is 4. The Morgan fingerprint density at radius 1 is 0.951 bits per heavy atom. The fourth-order valence-electron chi connectivity index (χ4n) is 4.84. The number of anilines is 1. The Morgan fingerprint density at radius 2 is 1.66 bits per heavy atom. The van der Waals surface area contributed by atoms with Gasteiger partial charge in [-0.1, -0.05) is 54.6 Å². The number of nitrogens with zero attached hydrogens (tertiary/aromatic N) is 1. The van der Waals surface area contributed by atoms with E-state index in [4.69, 9.17) is 4.74 Å². The monoisotopic (exact) mass is 571 g/mol. The second-order valence-corrected chi connectivity index (χ2v) is 11.7. The number of aromatic hydroxyl groups is 1. The van der Waals surface area contributed by atoms with E-state index in [0.717, 1.165) is 22.3 Å². The topological polar surface area (TPSA) is 115 Å². The lowest BCUT2D eigenvalue weighted by Crippen LogP contribution is -2.29. The van der Waals surface area contributed by atoms with Crippen molar-refractivity contribution in [3.8, 4) is 22.6 Å². The molecule has 9 heteroatoms. The molecule has 41 heavy (non-hydrogen) atoms. The molecular weight excluding hydrogens is 538 g/mol. The van der Waals surface area contributed by atoms with Gasteiger partial charge in [-0.3, -0.25) is 4.72 Å². The Kier molecular flexibility index (Phi) is 8.30. The number of aromatic amines is 1. The maximum absolute atomic E-state index is 12.7. The molecule has 0 aliphatic rings. The van der Waals surface area contributed by atoms with Gasteiger partial charge in [-0.2, -0.15) is 0 Å². The van der Waals surface area contributed by atoms with E-state index < -0.39 is 16.1 Å². The second kappa shape index (κ2) is 12.1. The number of aliphatic hydroxyl groups excluding tert-OH is 1. The van der Waals surface area contributed by atoms with E-state index in [-0.39, 0.29) is 22.9 Å². The van der Waals surface area contributed by atoms with Crippen molar-refractivity contribution in [2.24, 2.45) is 0 Å². The number of sulfonamides is 1. The fraction of sp³-hybridized carbons (Fsp3) is 0.188. The number of aryl methyl sites for hydroxylation is 1. The smallest absolute Gasteiger partial charge is 0.262 e. The van der Waals surface area contributed by atoms with Crippen molar-refractivity contribution < 1.29 is 23.4 Å². The number of likely N-dealkylation sites (N-methyl/N-ethyl adjacent to an activating group) is 1. The number of hydrogen-bond acceptors (Lipinski definition) is 6. The van der Waals surface area contributed by atoms with Crippen LogP contribution in [0, 0.1) is 6.92 Å². The standard InChI is InChI=1S/C32H33N3O5S/c1-22-32(23-9-5-3-6-10-23)27-15-14-25(20-28(27)33-22)40-18-17-35(2)21-31(37)24-13-16-30(36)29(19-24)34-41(38,39)26-11-7-4-8-12-26/h3-16,19-20,31,33-34,36-37H,17-18,21H2,1-2H3. The number of phenols is 1. The Morgan fingerprint density at radius 3 is 2.39 bits per heavy atom. The first-order chi connectivity index (χ1) is 19.7. The summed E-state index contributed by atoms with van der Waals surface area (Å²) in [6.45, 7) is 3.32. The summed E-state index contributed by atoms with van der Waals surface area (Å²) < 4.78 is 33.8. The molecule has 0 amide bonds. The van der Waals surface area contributed by atoms with Crippen LogP contribution in [0.2, 0.25) is 0 Å². The lowest BCUT2D eigenvalue weighted by molar-refractivity contribution is 0.118. The summed E-state index contributed by atoms with van der Waals surface area (Å²) >= 11 is 0. The van der Waals surface area contributed by atoms with E-state index in [0.29, 0.717) is 18.7 Å². The van der Waals surface area contributed by atoms with Crippen molar-refractivity contribution in [1.29, 1.82) is 0 Å². The first kappa shape index (κ1) is 28.2. The third-order valence-electron chi connectivity index (χ3n) is 6.95. The molecule has 0 spiro atoms. The van der Waals surface area contributed by atoms with Crippen LogP contribution in [0.15, 0.2) is 102 Å². The van der Waals surface area contributed by atoms with E-state index in [9.17, 15) is 18.6 Å². The molecule has 1 heterocycles. The zero-order valence-electron chi connectivity index (χ0n) is 22.9. The minimum atomic E-state index is -3.89. The number of aromatic nitrogens is 1. The first-order valence-corrected chi connectivity index (χ1v) is 14.8. The first-order valence-electron chi connectivity index (χ1n) is 13.3. The number of nitrogens with one attached hydrogen (secondary N) is 2. The number of phenolic OH excluding ortho intramolecular Hbond substituents is 1. The molecule has 5 rings (SSSR count). The minimum absolute atomic E-state index is 0.00163. The van der Waals surface area contributed by atoms with E-state index in [1.807, 2.05) is 42.3 Å². The lowest BCUT2D eigenvalue weighted by atomic mass is 10.0. The van der Waals surface area contributed by atoms with Gasteiger partial charge in [0.25, 0.3) is 10.0 Å². The van der Waals surface area contributed by atoms with Gasteiger partial charge >= 0.3 is 0 Å². The van der Waals surface area contributed by atoms with Crippen LogP contribution in [0.1, 0.15) is 17.4 Å². The Bertz CT molecular complexity index is 1740. The number of rotatable bonds is 11. The molecule has 0 fully saturated rings. The largest absolute Gasteiger partial charge is 0.506 e. The molecule has 1 aromatic heterocycles. The van der Waals surface area contributed by atoms with Gasteiger partial charge in [0, 0.05) is 41.3 Å². The van der Waals surface area contributed by atoms with Crippen LogP contribution in [-0.4, -0.2) is 55.3 Å². The van der Waals surface area contributed by atoms with Crippen molar-refractivity contribution in [2.45, 2.75) is 17.9 Å². The third-order valence-corrected chi connectivity index (χ3v) is 8.33. The fourth-order valence-corrected chi connectivity index (χ4v) is 5.92. The van der Waals surface area contributed by atoms with Gasteiger partial charge in [0.05, 0.1) is 16.7 Å². The van der Waals surface area contributed by atoms with Gasteiger partial charge in [0.1, 0.15) is 18.1 Å². The van der Waals surface area contributed by atoms with Gasteiger partial charge in [-0.15, -0.1) is 0 Å². The van der Waals surface area contributed by atoms with E-state index >= 15 is 0 Å². The molecule has 8 nitrogen and oxygen atoms in total. The number of ether oxygens (including phenoxy) is 1. The van der Waals surface area contributed by atoms with E-state index in [1.54, 1.807) is 24.3 Å². The Labute approximate surface area is 239 Å². The average Bonchev–Trinajstić information content (AvgIpc) is 3.29. The summed E-state index contributed by atoms with van der Waals surface area (Å²) in [6, 6.07) is 28.6. The number of hydrogen-bond donors (Lipinski definition) is 4. The Hall–Kier alpha value is -4.31. The van der Waals surface area contributed by atoms with Crippen molar-refractivity contribution in [3.63, 3.8) is 0 Å². The SMILES string of the molecule is Cc1[nH]c2cc(OCCN(C)CC(O)c3ccc(O)c(NS(=O)(=O)c4ccccc4)c3)ccc2c1-c1ccccc1. The van der Waals surface area contributed by atoms with Gasteiger partial charge in [-0.25, -0.2) is 8.42 Å². The van der Waals surface area contributed by atoms with Gasteiger partial charge in [0.2, 0.25) is 0 Å². The van der Waals surface area contributed by atoms with Gasteiger partial charge in [0.15, 0.2) is 0 Å². The second-order valence-electron chi connectivity index (χ2n) is 10.0. The van der Waals surface area contributed by atoms with Gasteiger partial charge in [-0.05, 0) is 61.5 Å². The predicted octanol–water partition coefficient (Wildman–Crippen LogP) is 5.69. The molecule has 1 unspecified atom stereocenters. The minimum Gasteiger partial charge on any atom is -0.506 e. The molecule has 5 aromatic rings. The molecule has 0 aliphatic heterocycles. The van der Waals surface area contributed by atoms with Gasteiger partial charge < -0.3 is 24.8 Å². The molecule has 4 aromatic carbocycles. The normalized spacial score (nSPS) is 12.5. The highest BCUT2D eigenvalue weighted by Gasteiger charge is 2.18. The highest BCUT2D eigenvalue weighted by molar-refractivity contribution is 7.92. The maximum atomic E-state index is 12.7. The summed E-state index contributed by atoms with van der Waals surface area (Å²) in [5.74, 6) is 0.522. The Balaban J connectivity index is 1.18. The number of aliphatic hydroxyl groups is 1.